The van der Waals surface area contributed by atoms with Crippen LogP contribution in [0.25, 0.3) is 0 Å². The largest absolute Gasteiger partial charge is 0.481 e. The number of aliphatic carboxylic acids is 1. The van der Waals surface area contributed by atoms with Crippen LogP contribution in [0.4, 0.5) is 5.69 Å². The Labute approximate surface area is 102 Å². The Balaban J connectivity index is 2.97. The van der Waals surface area contributed by atoms with E-state index in [1.165, 1.54) is 4.68 Å². The van der Waals surface area contributed by atoms with Gasteiger partial charge in [-0.05, 0) is 6.92 Å². The van der Waals surface area contributed by atoms with Crippen LogP contribution in [0.1, 0.15) is 19.0 Å². The topological polar surface area (TPSA) is 98.3 Å². The predicted octanol–water partition coefficient (Wildman–Crippen LogP) is 1.59. The van der Waals surface area contributed by atoms with Crippen molar-refractivity contribution in [2.75, 3.05) is 0 Å². The number of hydrogen-bond acceptors (Lipinski definition) is 5. The van der Waals surface area contributed by atoms with E-state index in [0.29, 0.717) is 10.7 Å². The van der Waals surface area contributed by atoms with Gasteiger partial charge in [-0.3, -0.25) is 19.6 Å². The van der Waals surface area contributed by atoms with Gasteiger partial charge in [-0.2, -0.15) is 5.10 Å². The van der Waals surface area contributed by atoms with Gasteiger partial charge in [0.15, 0.2) is 5.03 Å². The maximum atomic E-state index is 10.9. The van der Waals surface area contributed by atoms with Crippen molar-refractivity contribution in [2.45, 2.75) is 30.5 Å². The van der Waals surface area contributed by atoms with E-state index in [-0.39, 0.29) is 17.4 Å². The van der Waals surface area contributed by atoms with Crippen LogP contribution in [0, 0.1) is 17.0 Å². The van der Waals surface area contributed by atoms with Gasteiger partial charge in [0.25, 0.3) is 0 Å². The lowest BCUT2D eigenvalue weighted by molar-refractivity contribution is -0.388. The second-order valence-electron chi connectivity index (χ2n) is 3.65. The molecule has 1 atom stereocenters. The summed E-state index contributed by atoms with van der Waals surface area (Å²) in [5.41, 5.74) is 0.289. The third-order valence-corrected chi connectivity index (χ3v) is 3.35. The highest BCUT2D eigenvalue weighted by molar-refractivity contribution is 8.00. The number of carboxylic acids is 1. The zero-order valence-corrected chi connectivity index (χ0v) is 10.5. The first kappa shape index (κ1) is 13.5. The van der Waals surface area contributed by atoms with E-state index in [2.05, 4.69) is 5.10 Å². The van der Waals surface area contributed by atoms with Gasteiger partial charge in [0.1, 0.15) is 5.69 Å². The van der Waals surface area contributed by atoms with Crippen molar-refractivity contribution < 1.29 is 14.8 Å². The van der Waals surface area contributed by atoms with Crippen LogP contribution in [0.3, 0.4) is 0 Å². The van der Waals surface area contributed by atoms with Crippen molar-refractivity contribution in [1.82, 2.24) is 9.78 Å². The maximum Gasteiger partial charge on any atom is 0.323 e. The van der Waals surface area contributed by atoms with Crippen LogP contribution in [-0.2, 0) is 11.8 Å². The Morgan fingerprint density at radius 2 is 2.29 bits per heavy atom. The van der Waals surface area contributed by atoms with Crippen LogP contribution in [-0.4, -0.2) is 31.0 Å². The lowest BCUT2D eigenvalue weighted by Crippen LogP contribution is -2.07. The number of nitrogens with zero attached hydrogens (tertiary/aromatic N) is 3. The van der Waals surface area contributed by atoms with Gasteiger partial charge in [0, 0.05) is 12.3 Å². The van der Waals surface area contributed by atoms with Gasteiger partial charge in [0.2, 0.25) is 0 Å². The van der Waals surface area contributed by atoms with Crippen LogP contribution >= 0.6 is 11.8 Å². The summed E-state index contributed by atoms with van der Waals surface area (Å²) in [6, 6.07) is 0. The molecule has 1 unspecified atom stereocenters. The summed E-state index contributed by atoms with van der Waals surface area (Å²) in [5.74, 6) is -0.924. The van der Waals surface area contributed by atoms with Gasteiger partial charge < -0.3 is 5.11 Å². The highest BCUT2D eigenvalue weighted by Gasteiger charge is 2.26. The molecule has 8 heteroatoms. The summed E-state index contributed by atoms with van der Waals surface area (Å²) in [6.07, 6.45) is -0.0496. The smallest absolute Gasteiger partial charge is 0.323 e. The van der Waals surface area contributed by atoms with Crippen molar-refractivity contribution >= 4 is 23.4 Å². The molecule has 0 aliphatic rings. The first-order valence-electron chi connectivity index (χ1n) is 4.89. The first-order chi connectivity index (χ1) is 7.82. The summed E-state index contributed by atoms with van der Waals surface area (Å²) < 4.78 is 1.41. The van der Waals surface area contributed by atoms with Gasteiger partial charge >= 0.3 is 11.7 Å². The Hall–Kier alpha value is -1.57. The molecule has 0 saturated carbocycles. The van der Waals surface area contributed by atoms with Crippen molar-refractivity contribution in [3.05, 3.63) is 15.8 Å². The Morgan fingerprint density at radius 3 is 2.76 bits per heavy atom. The summed E-state index contributed by atoms with van der Waals surface area (Å²) in [5, 5.41) is 23.6. The lowest BCUT2D eigenvalue weighted by atomic mass is 10.3. The molecular formula is C9H13N3O4S. The van der Waals surface area contributed by atoms with E-state index >= 15 is 0 Å². The number of hydrogen-bond donors (Lipinski definition) is 1. The van der Waals surface area contributed by atoms with Crippen molar-refractivity contribution in [3.8, 4) is 0 Å². The third kappa shape index (κ3) is 3.19. The second kappa shape index (κ2) is 5.17. The van der Waals surface area contributed by atoms with Crippen molar-refractivity contribution in [1.29, 1.82) is 0 Å². The van der Waals surface area contributed by atoms with E-state index in [1.54, 1.807) is 20.9 Å². The molecule has 0 aliphatic carbocycles. The molecule has 7 nitrogen and oxygen atoms in total. The van der Waals surface area contributed by atoms with E-state index in [1.807, 2.05) is 0 Å². The maximum absolute atomic E-state index is 10.9. The highest BCUT2D eigenvalue weighted by Crippen LogP contribution is 2.34. The van der Waals surface area contributed by atoms with Gasteiger partial charge in [0.05, 0.1) is 11.3 Å². The number of rotatable bonds is 5. The average molecular weight is 259 g/mol. The molecule has 0 aliphatic heterocycles. The number of aryl methyl sites for hydroxylation is 2. The molecule has 94 valence electrons. The average Bonchev–Trinajstić information content (AvgIpc) is 2.39. The highest BCUT2D eigenvalue weighted by atomic mass is 32.2. The fraction of sp³-hybridized carbons (Fsp3) is 0.556. The Kier molecular flexibility index (Phi) is 4.11. The molecule has 0 fully saturated rings. The lowest BCUT2D eigenvalue weighted by Gasteiger charge is -2.07. The molecule has 0 amide bonds. The molecule has 0 radical (unpaired) electrons. The van der Waals surface area contributed by atoms with E-state index in [9.17, 15) is 14.9 Å². The SMILES string of the molecule is Cc1nn(C)c(SC(C)CC(=O)O)c1[N+](=O)[O-]. The third-order valence-electron chi connectivity index (χ3n) is 2.10. The van der Waals surface area contributed by atoms with Crippen molar-refractivity contribution in [3.63, 3.8) is 0 Å². The summed E-state index contributed by atoms with van der Waals surface area (Å²) in [7, 11) is 1.61. The Morgan fingerprint density at radius 1 is 1.71 bits per heavy atom. The number of aromatic nitrogens is 2. The molecule has 0 aromatic carbocycles. The molecule has 1 heterocycles. The molecule has 17 heavy (non-hydrogen) atoms. The van der Waals surface area contributed by atoms with Crippen molar-refractivity contribution in [2.24, 2.45) is 7.05 Å². The van der Waals surface area contributed by atoms with E-state index < -0.39 is 10.9 Å². The number of carboxylic acid groups (broad SMARTS) is 1. The zero-order valence-electron chi connectivity index (χ0n) is 9.71. The normalized spacial score (nSPS) is 12.4. The van der Waals surface area contributed by atoms with Gasteiger partial charge in [-0.25, -0.2) is 0 Å². The van der Waals surface area contributed by atoms with E-state index in [4.69, 9.17) is 5.11 Å². The molecule has 1 aromatic heterocycles. The molecule has 0 bridgehead atoms. The fourth-order valence-electron chi connectivity index (χ4n) is 1.45. The summed E-state index contributed by atoms with van der Waals surface area (Å²) in [6.45, 7) is 3.27. The number of nitro groups is 1. The minimum atomic E-state index is -0.924. The number of carbonyl (C=O) groups is 1. The molecular weight excluding hydrogens is 246 g/mol. The zero-order chi connectivity index (χ0) is 13.2. The summed E-state index contributed by atoms with van der Waals surface area (Å²) in [4.78, 5) is 20.9. The molecule has 1 aromatic rings. The molecule has 0 saturated heterocycles. The molecule has 1 rings (SSSR count). The summed E-state index contributed by atoms with van der Waals surface area (Å²) >= 11 is 1.15. The number of thioether (sulfide) groups is 1. The van der Waals surface area contributed by atoms with E-state index in [0.717, 1.165) is 11.8 Å². The minimum absolute atomic E-state index is 0.0465. The first-order valence-corrected chi connectivity index (χ1v) is 5.77. The quantitative estimate of drug-likeness (QED) is 0.490. The minimum Gasteiger partial charge on any atom is -0.481 e. The second-order valence-corrected chi connectivity index (χ2v) is 5.07. The van der Waals surface area contributed by atoms with Crippen LogP contribution < -0.4 is 0 Å². The Bertz CT molecular complexity index is 457. The monoisotopic (exact) mass is 259 g/mol. The van der Waals surface area contributed by atoms with Crippen LogP contribution in [0.15, 0.2) is 5.03 Å². The predicted molar refractivity (Wildman–Crippen MR) is 62.2 cm³/mol. The molecule has 1 N–H and O–H groups in total. The van der Waals surface area contributed by atoms with Gasteiger partial charge in [-0.15, -0.1) is 0 Å². The molecule has 0 spiro atoms. The van der Waals surface area contributed by atoms with Gasteiger partial charge in [-0.1, -0.05) is 18.7 Å². The van der Waals surface area contributed by atoms with Crippen LogP contribution in [0.2, 0.25) is 0 Å². The fourth-order valence-corrected chi connectivity index (χ4v) is 2.58. The van der Waals surface area contributed by atoms with Crippen LogP contribution in [0.5, 0.6) is 0 Å². The standard InChI is InChI=1S/C9H13N3O4S/c1-5(4-7(13)14)17-9-8(12(15)16)6(2)10-11(9)3/h5H,4H2,1-3H3,(H,13,14).